The number of hydrogen-bond donors (Lipinski definition) is 0. The summed E-state index contributed by atoms with van der Waals surface area (Å²) in [4.78, 5) is 0. The molecular formula is C22H21N2O+. The fraction of sp³-hybridized carbons (Fsp3) is 0.136. The highest BCUT2D eigenvalue weighted by Gasteiger charge is 2.17. The van der Waals surface area contributed by atoms with Gasteiger partial charge in [0.1, 0.15) is 19.4 Å². The lowest BCUT2D eigenvalue weighted by molar-refractivity contribution is -0.660. The SMILES string of the molecule is Cn1cc(-c2cc(OCc3ccccc3)cc[n+]2C)c2ccccc21. The zero-order chi connectivity index (χ0) is 17.2. The van der Waals surface area contributed by atoms with Crippen LogP contribution < -0.4 is 9.30 Å². The second-order valence-electron chi connectivity index (χ2n) is 6.30. The fourth-order valence-corrected chi connectivity index (χ4v) is 3.19. The maximum Gasteiger partial charge on any atom is 0.218 e. The third-order valence-electron chi connectivity index (χ3n) is 4.54. The molecule has 124 valence electrons. The van der Waals surface area contributed by atoms with Gasteiger partial charge in [0.25, 0.3) is 0 Å². The van der Waals surface area contributed by atoms with Gasteiger partial charge in [-0.3, -0.25) is 0 Å². The number of benzene rings is 2. The summed E-state index contributed by atoms with van der Waals surface area (Å²) in [6, 6.07) is 22.8. The average Bonchev–Trinajstić information content (AvgIpc) is 2.99. The van der Waals surface area contributed by atoms with Crippen LogP contribution in [0.25, 0.3) is 22.2 Å². The molecule has 2 heterocycles. The Morgan fingerprint density at radius 1 is 0.960 bits per heavy atom. The van der Waals surface area contributed by atoms with E-state index in [0.717, 1.165) is 11.4 Å². The largest absolute Gasteiger partial charge is 0.488 e. The topological polar surface area (TPSA) is 18.0 Å². The number of fused-ring (bicyclic) bond motifs is 1. The minimum atomic E-state index is 0.573. The summed E-state index contributed by atoms with van der Waals surface area (Å²) in [5.74, 6) is 0.880. The van der Waals surface area contributed by atoms with Crippen molar-refractivity contribution < 1.29 is 9.30 Å². The quantitative estimate of drug-likeness (QED) is 0.512. The number of pyridine rings is 1. The Kier molecular flexibility index (Phi) is 3.98. The molecule has 0 aliphatic heterocycles. The van der Waals surface area contributed by atoms with Crippen LogP contribution in [0.1, 0.15) is 5.56 Å². The summed E-state index contributed by atoms with van der Waals surface area (Å²) >= 11 is 0. The van der Waals surface area contributed by atoms with E-state index in [-0.39, 0.29) is 0 Å². The zero-order valence-electron chi connectivity index (χ0n) is 14.5. The molecule has 25 heavy (non-hydrogen) atoms. The van der Waals surface area contributed by atoms with Crippen molar-refractivity contribution in [1.82, 2.24) is 4.57 Å². The first-order chi connectivity index (χ1) is 12.2. The van der Waals surface area contributed by atoms with Crippen molar-refractivity contribution in [3.63, 3.8) is 0 Å². The number of aryl methyl sites for hydroxylation is 2. The van der Waals surface area contributed by atoms with E-state index in [9.17, 15) is 0 Å². The Hall–Kier alpha value is -3.07. The molecule has 4 rings (SSSR count). The van der Waals surface area contributed by atoms with Gasteiger partial charge >= 0.3 is 0 Å². The first kappa shape index (κ1) is 15.5. The summed E-state index contributed by atoms with van der Waals surface area (Å²) < 4.78 is 10.3. The second-order valence-corrected chi connectivity index (χ2v) is 6.30. The molecule has 0 spiro atoms. The first-order valence-electron chi connectivity index (χ1n) is 8.43. The van der Waals surface area contributed by atoms with Gasteiger partial charge in [0.05, 0.1) is 11.6 Å². The first-order valence-corrected chi connectivity index (χ1v) is 8.43. The molecule has 0 atom stereocenters. The Morgan fingerprint density at radius 2 is 1.72 bits per heavy atom. The summed E-state index contributed by atoms with van der Waals surface area (Å²) in [5, 5.41) is 1.25. The normalized spacial score (nSPS) is 11.0. The van der Waals surface area contributed by atoms with Gasteiger partial charge in [0, 0.05) is 30.2 Å². The molecule has 0 bridgehead atoms. The van der Waals surface area contributed by atoms with Crippen molar-refractivity contribution in [3.05, 3.63) is 84.7 Å². The van der Waals surface area contributed by atoms with Gasteiger partial charge in [-0.25, -0.2) is 4.57 Å². The Morgan fingerprint density at radius 3 is 2.56 bits per heavy atom. The van der Waals surface area contributed by atoms with Crippen LogP contribution in [0.15, 0.2) is 79.1 Å². The molecule has 4 aromatic rings. The van der Waals surface area contributed by atoms with Crippen molar-refractivity contribution >= 4 is 10.9 Å². The van der Waals surface area contributed by atoms with Crippen LogP contribution in [0.3, 0.4) is 0 Å². The van der Waals surface area contributed by atoms with Crippen molar-refractivity contribution in [2.75, 3.05) is 0 Å². The second kappa shape index (κ2) is 6.44. The Balaban J connectivity index is 1.70. The van der Waals surface area contributed by atoms with Gasteiger partial charge in [0.15, 0.2) is 6.20 Å². The molecule has 0 saturated carbocycles. The monoisotopic (exact) mass is 329 g/mol. The molecule has 3 heteroatoms. The third kappa shape index (κ3) is 3.01. The molecule has 0 saturated heterocycles. The standard InChI is InChI=1S/C22H21N2O/c1-23-13-12-18(25-16-17-8-4-3-5-9-17)14-22(23)20-15-24(2)21-11-7-6-10-19(20)21/h3-15H,16H2,1-2H3/q+1. The van der Waals surface area contributed by atoms with Crippen LogP contribution in [0.5, 0.6) is 5.75 Å². The van der Waals surface area contributed by atoms with Gasteiger partial charge in [-0.05, 0) is 11.6 Å². The maximum atomic E-state index is 6.01. The van der Waals surface area contributed by atoms with Crippen LogP contribution in [0.4, 0.5) is 0 Å². The molecule has 0 unspecified atom stereocenters. The lowest BCUT2D eigenvalue weighted by Crippen LogP contribution is -2.30. The summed E-state index contributed by atoms with van der Waals surface area (Å²) in [6.07, 6.45) is 4.23. The van der Waals surface area contributed by atoms with E-state index in [1.807, 2.05) is 24.3 Å². The number of aromatic nitrogens is 2. The van der Waals surface area contributed by atoms with Gasteiger partial charge < -0.3 is 9.30 Å². The predicted molar refractivity (Wildman–Crippen MR) is 100 cm³/mol. The number of hydrogen-bond acceptors (Lipinski definition) is 1. The molecular weight excluding hydrogens is 308 g/mol. The highest BCUT2D eigenvalue weighted by atomic mass is 16.5. The van der Waals surface area contributed by atoms with E-state index in [0.29, 0.717) is 6.61 Å². The molecule has 0 N–H and O–H groups in total. The van der Waals surface area contributed by atoms with Gasteiger partial charge in [-0.1, -0.05) is 48.5 Å². The van der Waals surface area contributed by atoms with Gasteiger partial charge in [0.2, 0.25) is 5.69 Å². The van der Waals surface area contributed by atoms with Crippen LogP contribution in [0, 0.1) is 0 Å². The highest BCUT2D eigenvalue weighted by molar-refractivity contribution is 5.94. The Labute approximate surface area is 147 Å². The van der Waals surface area contributed by atoms with E-state index < -0.39 is 0 Å². The average molecular weight is 329 g/mol. The number of para-hydroxylation sites is 1. The van der Waals surface area contributed by atoms with Crippen LogP contribution in [0.2, 0.25) is 0 Å². The van der Waals surface area contributed by atoms with E-state index in [2.05, 4.69) is 78.1 Å². The zero-order valence-corrected chi connectivity index (χ0v) is 14.5. The van der Waals surface area contributed by atoms with Crippen molar-refractivity contribution in [1.29, 1.82) is 0 Å². The molecule has 2 aromatic carbocycles. The lowest BCUT2D eigenvalue weighted by atomic mass is 10.1. The fourth-order valence-electron chi connectivity index (χ4n) is 3.19. The number of rotatable bonds is 4. The lowest BCUT2D eigenvalue weighted by Gasteiger charge is -2.07. The molecule has 0 radical (unpaired) electrons. The van der Waals surface area contributed by atoms with Gasteiger partial charge in [-0.15, -0.1) is 0 Å². The van der Waals surface area contributed by atoms with Gasteiger partial charge in [-0.2, -0.15) is 0 Å². The van der Waals surface area contributed by atoms with E-state index in [1.54, 1.807) is 0 Å². The third-order valence-corrected chi connectivity index (χ3v) is 4.54. The number of nitrogens with zero attached hydrogens (tertiary/aromatic N) is 2. The van der Waals surface area contributed by atoms with E-state index >= 15 is 0 Å². The predicted octanol–water partition coefficient (Wildman–Crippen LogP) is 4.25. The van der Waals surface area contributed by atoms with Crippen LogP contribution in [-0.4, -0.2) is 4.57 Å². The van der Waals surface area contributed by atoms with Crippen LogP contribution >= 0.6 is 0 Å². The smallest absolute Gasteiger partial charge is 0.218 e. The molecule has 0 fully saturated rings. The Bertz CT molecular complexity index is 1020. The van der Waals surface area contributed by atoms with Crippen molar-refractivity contribution in [2.45, 2.75) is 6.61 Å². The molecule has 0 aliphatic rings. The summed E-state index contributed by atoms with van der Waals surface area (Å²) in [7, 11) is 4.15. The molecule has 0 amide bonds. The summed E-state index contributed by atoms with van der Waals surface area (Å²) in [5.41, 5.74) is 4.75. The van der Waals surface area contributed by atoms with E-state index in [4.69, 9.17) is 4.74 Å². The summed E-state index contributed by atoms with van der Waals surface area (Å²) in [6.45, 7) is 0.573. The molecule has 2 aromatic heterocycles. The van der Waals surface area contributed by atoms with Crippen molar-refractivity contribution in [3.8, 4) is 17.0 Å². The van der Waals surface area contributed by atoms with Crippen LogP contribution in [-0.2, 0) is 20.7 Å². The number of ether oxygens (including phenoxy) is 1. The maximum absolute atomic E-state index is 6.01. The molecule has 0 aliphatic carbocycles. The highest BCUT2D eigenvalue weighted by Crippen LogP contribution is 2.29. The van der Waals surface area contributed by atoms with E-state index in [1.165, 1.54) is 22.0 Å². The minimum Gasteiger partial charge on any atom is -0.488 e. The minimum absolute atomic E-state index is 0.573. The van der Waals surface area contributed by atoms with Crippen molar-refractivity contribution in [2.24, 2.45) is 14.1 Å². The molecule has 3 nitrogen and oxygen atoms in total.